The molecule has 3 aromatic rings. The van der Waals surface area contributed by atoms with E-state index in [1.54, 1.807) is 19.3 Å². The number of carbonyl (C=O) groups is 1. The number of halogens is 1. The Morgan fingerprint density at radius 3 is 2.58 bits per heavy atom. The molecule has 3 atom stereocenters. The minimum atomic E-state index is -0.430. The molecule has 226 valence electrons. The summed E-state index contributed by atoms with van der Waals surface area (Å²) in [6.07, 6.45) is 7.85. The lowest BCUT2D eigenvalue weighted by atomic mass is 9.58. The van der Waals surface area contributed by atoms with Crippen molar-refractivity contribution in [1.29, 1.82) is 0 Å². The molecule has 2 aromatic carbocycles. The molecule has 1 unspecified atom stereocenters. The summed E-state index contributed by atoms with van der Waals surface area (Å²) in [5.41, 5.74) is 2.42. The molecule has 1 aliphatic carbocycles. The zero-order valence-corrected chi connectivity index (χ0v) is 24.9. The van der Waals surface area contributed by atoms with E-state index >= 15 is 0 Å². The molecule has 1 aromatic heterocycles. The zero-order chi connectivity index (χ0) is 29.8. The third-order valence-corrected chi connectivity index (χ3v) is 10.1. The molecule has 43 heavy (non-hydrogen) atoms. The van der Waals surface area contributed by atoms with E-state index in [9.17, 15) is 9.18 Å². The number of aromatic nitrogens is 2. The fourth-order valence-corrected chi connectivity index (χ4v) is 8.01. The SMILES string of the molecule is [C-]#[N+]c1ccc(N2CC(CN3CCC(C(Cn4cccn4)(c4cccc(F)c4)[C@H]4CCC[C@@H]4OC(=O)NC)CC3)C2)cc1. The van der Waals surface area contributed by atoms with E-state index in [0.717, 1.165) is 70.4 Å². The highest BCUT2D eigenvalue weighted by molar-refractivity contribution is 5.67. The van der Waals surface area contributed by atoms with Crippen molar-refractivity contribution in [3.8, 4) is 0 Å². The number of nitrogens with one attached hydrogen (secondary N) is 1. The van der Waals surface area contributed by atoms with Gasteiger partial charge in [0.05, 0.1) is 13.1 Å². The van der Waals surface area contributed by atoms with Crippen LogP contribution in [-0.2, 0) is 16.7 Å². The highest BCUT2D eigenvalue weighted by Gasteiger charge is 2.53. The largest absolute Gasteiger partial charge is 0.446 e. The van der Waals surface area contributed by atoms with Crippen LogP contribution in [0.5, 0.6) is 0 Å². The Balaban J connectivity index is 1.20. The van der Waals surface area contributed by atoms with E-state index in [1.165, 1.54) is 11.8 Å². The Kier molecular flexibility index (Phi) is 8.66. The van der Waals surface area contributed by atoms with Crippen LogP contribution >= 0.6 is 0 Å². The van der Waals surface area contributed by atoms with Crippen molar-refractivity contribution in [2.45, 2.75) is 50.2 Å². The Hall–Kier alpha value is -3.90. The van der Waals surface area contributed by atoms with Crippen LogP contribution in [0.25, 0.3) is 4.85 Å². The number of ether oxygens (including phenoxy) is 1. The maximum absolute atomic E-state index is 14.9. The molecule has 3 fully saturated rings. The van der Waals surface area contributed by atoms with Crippen LogP contribution in [0.2, 0.25) is 0 Å². The molecule has 1 N–H and O–H groups in total. The average molecular weight is 585 g/mol. The normalized spacial score (nSPS) is 22.9. The van der Waals surface area contributed by atoms with Crippen molar-refractivity contribution in [2.75, 3.05) is 44.7 Å². The lowest BCUT2D eigenvalue weighted by Gasteiger charge is -2.51. The second-order valence-corrected chi connectivity index (χ2v) is 12.5. The van der Waals surface area contributed by atoms with Crippen LogP contribution in [0.15, 0.2) is 67.0 Å². The summed E-state index contributed by atoms with van der Waals surface area (Å²) in [5.74, 6) is 0.725. The lowest BCUT2D eigenvalue weighted by Crippen LogP contribution is -2.55. The van der Waals surface area contributed by atoms with Crippen LogP contribution in [0, 0.1) is 30.1 Å². The first-order valence-electron chi connectivity index (χ1n) is 15.5. The van der Waals surface area contributed by atoms with E-state index in [2.05, 4.69) is 31.1 Å². The highest BCUT2D eigenvalue weighted by Crippen LogP contribution is 2.52. The maximum atomic E-state index is 14.9. The van der Waals surface area contributed by atoms with Gasteiger partial charge in [-0.25, -0.2) is 14.0 Å². The molecule has 3 heterocycles. The highest BCUT2D eigenvalue weighted by atomic mass is 19.1. The van der Waals surface area contributed by atoms with Crippen molar-refractivity contribution in [3.05, 3.63) is 89.8 Å². The number of piperidine rings is 1. The zero-order valence-electron chi connectivity index (χ0n) is 24.9. The summed E-state index contributed by atoms with van der Waals surface area (Å²) in [5, 5.41) is 7.24. The third kappa shape index (κ3) is 6.12. The van der Waals surface area contributed by atoms with Gasteiger partial charge in [-0.05, 0) is 87.0 Å². The van der Waals surface area contributed by atoms with Crippen molar-refractivity contribution >= 4 is 17.5 Å². The van der Waals surface area contributed by atoms with Crippen LogP contribution in [0.4, 0.5) is 20.6 Å². The van der Waals surface area contributed by atoms with Crippen molar-refractivity contribution in [2.24, 2.45) is 17.8 Å². The Morgan fingerprint density at radius 2 is 1.91 bits per heavy atom. The predicted molar refractivity (Wildman–Crippen MR) is 165 cm³/mol. The first-order valence-corrected chi connectivity index (χ1v) is 15.5. The van der Waals surface area contributed by atoms with Gasteiger partial charge in [0.2, 0.25) is 0 Å². The summed E-state index contributed by atoms with van der Waals surface area (Å²) in [6, 6.07) is 16.9. The second kappa shape index (κ2) is 12.8. The molecule has 0 spiro atoms. The van der Waals surface area contributed by atoms with Crippen LogP contribution < -0.4 is 10.2 Å². The second-order valence-electron chi connectivity index (χ2n) is 12.5. The van der Waals surface area contributed by atoms with Gasteiger partial charge in [0.15, 0.2) is 5.69 Å². The molecule has 6 rings (SSSR count). The molecule has 2 aliphatic heterocycles. The topological polar surface area (TPSA) is 67.0 Å². The number of nitrogens with zero attached hydrogens (tertiary/aromatic N) is 5. The van der Waals surface area contributed by atoms with Gasteiger partial charge in [-0.2, -0.15) is 5.10 Å². The molecule has 1 amide bonds. The third-order valence-electron chi connectivity index (χ3n) is 10.1. The van der Waals surface area contributed by atoms with Crippen LogP contribution in [0.1, 0.15) is 37.7 Å². The predicted octanol–water partition coefficient (Wildman–Crippen LogP) is 5.88. The maximum Gasteiger partial charge on any atom is 0.407 e. The van der Waals surface area contributed by atoms with E-state index in [-0.39, 0.29) is 23.8 Å². The number of alkyl carbamates (subject to hydrolysis) is 1. The van der Waals surface area contributed by atoms with Gasteiger partial charge in [-0.1, -0.05) is 24.3 Å². The van der Waals surface area contributed by atoms with E-state index in [0.29, 0.717) is 18.2 Å². The van der Waals surface area contributed by atoms with Crippen LogP contribution in [0.3, 0.4) is 0 Å². The smallest absolute Gasteiger partial charge is 0.407 e. The molecular formula is C34H41FN6O2. The van der Waals surface area contributed by atoms with Crippen molar-refractivity contribution in [3.63, 3.8) is 0 Å². The standard InChI is InChI=1S/C34H41FN6O2/c1-36-29-10-12-30(13-11-29)40-22-25(23-40)21-39-18-14-26(15-19-39)34(24-41-17-5-16-38-41,27-6-3-7-28(35)20-27)31-8-4-9-32(31)43-33(42)37-2/h3,5-7,10-13,16-17,20,25-26,31-32H,4,8-9,14-15,18-19,21-24H2,2H3,(H,37,42)/t31-,32-,34?/m0/s1. The van der Waals surface area contributed by atoms with Gasteiger partial charge in [-0.15, -0.1) is 0 Å². The van der Waals surface area contributed by atoms with Gasteiger partial charge in [0, 0.05) is 62.0 Å². The van der Waals surface area contributed by atoms with Gasteiger partial charge in [0.1, 0.15) is 11.9 Å². The Morgan fingerprint density at radius 1 is 1.12 bits per heavy atom. The number of hydrogen-bond donors (Lipinski definition) is 1. The fourth-order valence-electron chi connectivity index (χ4n) is 8.01. The van der Waals surface area contributed by atoms with Gasteiger partial charge >= 0.3 is 6.09 Å². The lowest BCUT2D eigenvalue weighted by molar-refractivity contribution is 0.000466. The molecular weight excluding hydrogens is 543 g/mol. The van der Waals surface area contributed by atoms with Crippen LogP contribution in [-0.4, -0.2) is 66.6 Å². The molecule has 1 saturated carbocycles. The van der Waals surface area contributed by atoms with E-state index < -0.39 is 11.5 Å². The number of carbonyl (C=O) groups excluding carboxylic acids is 1. The summed E-state index contributed by atoms with van der Waals surface area (Å²) >= 11 is 0. The molecule has 9 heteroatoms. The monoisotopic (exact) mass is 584 g/mol. The summed E-state index contributed by atoms with van der Waals surface area (Å²) in [4.78, 5) is 20.9. The fraction of sp³-hybridized carbons (Fsp3) is 0.500. The van der Waals surface area contributed by atoms with E-state index in [1.807, 2.05) is 47.3 Å². The number of hydrogen-bond acceptors (Lipinski definition) is 5. The number of likely N-dealkylation sites (tertiary alicyclic amines) is 1. The molecule has 3 aliphatic rings. The Labute approximate surface area is 253 Å². The molecule has 8 nitrogen and oxygen atoms in total. The summed E-state index contributed by atoms with van der Waals surface area (Å²) in [7, 11) is 1.60. The minimum absolute atomic E-state index is 0.0572. The number of rotatable bonds is 9. The minimum Gasteiger partial charge on any atom is -0.446 e. The quantitative estimate of drug-likeness (QED) is 0.318. The van der Waals surface area contributed by atoms with E-state index in [4.69, 9.17) is 11.3 Å². The van der Waals surface area contributed by atoms with Crippen molar-refractivity contribution in [1.82, 2.24) is 20.0 Å². The summed E-state index contributed by atoms with van der Waals surface area (Å²) in [6.45, 7) is 12.9. The van der Waals surface area contributed by atoms with Gasteiger partial charge in [0.25, 0.3) is 0 Å². The Bertz CT molecular complexity index is 1410. The number of anilines is 1. The molecule has 0 bridgehead atoms. The first-order chi connectivity index (χ1) is 21.0. The summed E-state index contributed by atoms with van der Waals surface area (Å²) < 4.78 is 22.9. The number of amides is 1. The van der Waals surface area contributed by atoms with Gasteiger partial charge in [-0.3, -0.25) is 4.68 Å². The van der Waals surface area contributed by atoms with Crippen molar-refractivity contribution < 1.29 is 13.9 Å². The van der Waals surface area contributed by atoms with Gasteiger partial charge < -0.3 is 19.9 Å². The number of benzene rings is 2. The first kappa shape index (κ1) is 29.2. The average Bonchev–Trinajstić information content (AvgIpc) is 3.70. The molecule has 2 saturated heterocycles. The molecule has 0 radical (unpaired) electrons.